The van der Waals surface area contributed by atoms with Gasteiger partial charge in [-0.3, -0.25) is 4.79 Å². The van der Waals surface area contributed by atoms with Gasteiger partial charge in [0.25, 0.3) is 0 Å². The van der Waals surface area contributed by atoms with E-state index < -0.39 is 22.8 Å². The first-order valence-electron chi connectivity index (χ1n) is 11.7. The molecule has 2 aromatic rings. The van der Waals surface area contributed by atoms with Crippen LogP contribution in [0, 0.1) is 34.9 Å². The Balaban J connectivity index is 1.44. The largest absolute Gasteiger partial charge is 0.378 e. The summed E-state index contributed by atoms with van der Waals surface area (Å²) >= 11 is 1.28. The molecule has 0 bridgehead atoms. The minimum absolute atomic E-state index is 0.0811. The predicted molar refractivity (Wildman–Crippen MR) is 136 cm³/mol. The summed E-state index contributed by atoms with van der Waals surface area (Å²) in [7, 11) is 0. The van der Waals surface area contributed by atoms with Crippen molar-refractivity contribution < 1.29 is 18.3 Å². The number of aliphatic imine (C=N–C) groups is 1. The SMILES string of the molecule is N#Cc1ccc(C#Cc2ccc(F)c([C@@]3(CF)N=C(N)S[C@@]4(/C=C/C(=O)N5CCOCC5)C[C@H]43)c2)nc1. The molecule has 0 radical (unpaired) electrons. The number of hydrogen-bond donors (Lipinski definition) is 1. The minimum atomic E-state index is -1.52. The van der Waals surface area contributed by atoms with E-state index in [2.05, 4.69) is 21.8 Å². The summed E-state index contributed by atoms with van der Waals surface area (Å²) in [4.78, 5) is 22.9. The quantitative estimate of drug-likeness (QED) is 0.492. The highest BCUT2D eigenvalue weighted by atomic mass is 32.2. The molecule has 2 aliphatic heterocycles. The average molecular weight is 520 g/mol. The Morgan fingerprint density at radius 1 is 1.27 bits per heavy atom. The number of nitrogens with two attached hydrogens (primary N) is 1. The first-order chi connectivity index (χ1) is 17.9. The van der Waals surface area contributed by atoms with Crippen molar-refractivity contribution in [3.63, 3.8) is 0 Å². The number of carbonyl (C=O) groups excluding carboxylic acids is 1. The fraction of sp³-hybridized carbons (Fsp3) is 0.333. The van der Waals surface area contributed by atoms with Gasteiger partial charge < -0.3 is 15.4 Å². The van der Waals surface area contributed by atoms with Gasteiger partial charge in [0, 0.05) is 47.2 Å². The summed E-state index contributed by atoms with van der Waals surface area (Å²) in [6, 6.07) is 9.47. The highest BCUT2D eigenvalue weighted by Gasteiger charge is 2.67. The van der Waals surface area contributed by atoms with E-state index in [0.29, 0.717) is 49.5 Å². The third-order valence-corrected chi connectivity index (χ3v) is 8.10. The molecule has 10 heteroatoms. The van der Waals surface area contributed by atoms with E-state index in [0.717, 1.165) is 0 Å². The third-order valence-electron chi connectivity index (χ3n) is 6.83. The van der Waals surface area contributed by atoms with Crippen molar-refractivity contribution in [1.29, 1.82) is 5.26 Å². The van der Waals surface area contributed by atoms with E-state index in [4.69, 9.17) is 15.7 Å². The molecule has 2 fully saturated rings. The van der Waals surface area contributed by atoms with Crippen molar-refractivity contribution in [2.45, 2.75) is 16.7 Å². The van der Waals surface area contributed by atoms with Crippen LogP contribution in [0.1, 0.15) is 28.8 Å². The van der Waals surface area contributed by atoms with Crippen LogP contribution in [-0.4, -0.2) is 58.7 Å². The van der Waals surface area contributed by atoms with Crippen LogP contribution in [0.15, 0.2) is 53.7 Å². The van der Waals surface area contributed by atoms with Gasteiger partial charge in [-0.1, -0.05) is 23.8 Å². The number of benzene rings is 1. The molecule has 0 spiro atoms. The van der Waals surface area contributed by atoms with E-state index in [1.807, 2.05) is 6.07 Å². The number of amides is 1. The second-order valence-electron chi connectivity index (χ2n) is 9.08. The van der Waals surface area contributed by atoms with Crippen LogP contribution in [0.25, 0.3) is 0 Å². The zero-order valence-electron chi connectivity index (χ0n) is 19.8. The van der Waals surface area contributed by atoms with Crippen LogP contribution in [0.2, 0.25) is 0 Å². The molecule has 3 heterocycles. The van der Waals surface area contributed by atoms with E-state index in [1.54, 1.807) is 23.1 Å². The topological polar surface area (TPSA) is 105 Å². The van der Waals surface area contributed by atoms with Crippen molar-refractivity contribution in [3.8, 4) is 17.9 Å². The Hall–Kier alpha value is -3.73. The fourth-order valence-corrected chi connectivity index (χ4v) is 6.13. The van der Waals surface area contributed by atoms with Crippen LogP contribution >= 0.6 is 11.8 Å². The van der Waals surface area contributed by atoms with Crippen LogP contribution in [0.3, 0.4) is 0 Å². The number of fused-ring (bicyclic) bond motifs is 1. The first-order valence-corrected chi connectivity index (χ1v) is 12.6. The number of carbonyl (C=O) groups is 1. The maximum Gasteiger partial charge on any atom is 0.246 e. The van der Waals surface area contributed by atoms with Crippen molar-refractivity contribution in [3.05, 3.63) is 76.9 Å². The standard InChI is InChI=1S/C27H23F2N5O2S/c28-17-27(21-13-18(3-6-22(21)29)1-4-20-5-2-19(15-30)16-32-20)23-14-26(23,37-25(31)33-27)8-7-24(35)34-9-11-36-12-10-34/h2-3,5-8,13,16,23H,9-12,14,17H2,(H2,31,33)/b8-7+/t23-,26+,27-/m1/s1. The molecule has 1 amide bonds. The molecule has 5 rings (SSSR count). The van der Waals surface area contributed by atoms with Gasteiger partial charge >= 0.3 is 0 Å². The number of alkyl halides is 1. The van der Waals surface area contributed by atoms with Crippen molar-refractivity contribution in [2.75, 3.05) is 33.0 Å². The Bertz CT molecular complexity index is 1390. The number of aromatic nitrogens is 1. The molecule has 1 saturated heterocycles. The molecule has 188 valence electrons. The Morgan fingerprint density at radius 3 is 2.76 bits per heavy atom. The fourth-order valence-electron chi connectivity index (χ4n) is 4.81. The molecular weight excluding hydrogens is 496 g/mol. The Morgan fingerprint density at radius 2 is 2.05 bits per heavy atom. The molecule has 7 nitrogen and oxygen atoms in total. The van der Waals surface area contributed by atoms with Gasteiger partial charge in [-0.25, -0.2) is 18.8 Å². The van der Waals surface area contributed by atoms with Crippen molar-refractivity contribution in [1.82, 2.24) is 9.88 Å². The Kier molecular flexibility index (Phi) is 6.72. The van der Waals surface area contributed by atoms with Crippen molar-refractivity contribution in [2.24, 2.45) is 16.6 Å². The normalized spacial score (nSPS) is 26.5. The molecule has 1 aliphatic carbocycles. The lowest BCUT2D eigenvalue weighted by Gasteiger charge is -2.34. The van der Waals surface area contributed by atoms with Gasteiger partial charge in [-0.2, -0.15) is 5.26 Å². The van der Waals surface area contributed by atoms with Crippen LogP contribution < -0.4 is 5.73 Å². The first kappa shape index (κ1) is 24.9. The number of rotatable bonds is 4. The molecule has 1 aromatic carbocycles. The highest BCUT2D eigenvalue weighted by molar-refractivity contribution is 8.15. The maximum absolute atomic E-state index is 15.2. The zero-order chi connectivity index (χ0) is 26.0. The monoisotopic (exact) mass is 519 g/mol. The van der Waals surface area contributed by atoms with Crippen molar-refractivity contribution >= 4 is 22.8 Å². The number of amidine groups is 1. The minimum Gasteiger partial charge on any atom is -0.378 e. The number of morpholine rings is 1. The van der Waals surface area contributed by atoms with Crippen LogP contribution in [0.4, 0.5) is 8.78 Å². The average Bonchev–Trinajstić information content (AvgIpc) is 3.66. The smallest absolute Gasteiger partial charge is 0.246 e. The number of nitriles is 1. The number of nitrogens with zero attached hydrogens (tertiary/aromatic N) is 4. The van der Waals surface area contributed by atoms with Crippen LogP contribution in [-0.2, 0) is 15.1 Å². The zero-order valence-corrected chi connectivity index (χ0v) is 20.6. The Labute approximate surface area is 217 Å². The molecule has 0 unspecified atom stereocenters. The summed E-state index contributed by atoms with van der Waals surface area (Å²) in [5, 5.41) is 9.05. The van der Waals surface area contributed by atoms with Gasteiger partial charge in [0.15, 0.2) is 5.17 Å². The number of pyridine rings is 1. The molecule has 3 atom stereocenters. The lowest BCUT2D eigenvalue weighted by Crippen LogP contribution is -2.41. The highest BCUT2D eigenvalue weighted by Crippen LogP contribution is 2.66. The molecule has 1 saturated carbocycles. The summed E-state index contributed by atoms with van der Waals surface area (Å²) in [6.07, 6.45) is 5.19. The van der Waals surface area contributed by atoms with E-state index in [1.165, 1.54) is 42.2 Å². The second-order valence-corrected chi connectivity index (χ2v) is 10.5. The number of halogens is 2. The molecular formula is C27H23F2N5O2S. The summed E-state index contributed by atoms with van der Waals surface area (Å²) < 4.78 is 34.7. The lowest BCUT2D eigenvalue weighted by molar-refractivity contribution is -0.130. The molecule has 37 heavy (non-hydrogen) atoms. The number of thioether (sulfide) groups is 1. The van der Waals surface area contributed by atoms with E-state index >= 15 is 4.39 Å². The number of hydrogen-bond acceptors (Lipinski definition) is 7. The van der Waals surface area contributed by atoms with Crippen LogP contribution in [0.5, 0.6) is 0 Å². The summed E-state index contributed by atoms with van der Waals surface area (Å²) in [6.45, 7) is 1.07. The lowest BCUT2D eigenvalue weighted by atomic mass is 9.84. The van der Waals surface area contributed by atoms with Gasteiger partial charge in [0.05, 0.1) is 18.8 Å². The summed E-state index contributed by atoms with van der Waals surface area (Å²) in [5.74, 6) is 4.69. The van der Waals surface area contributed by atoms with E-state index in [9.17, 15) is 9.18 Å². The van der Waals surface area contributed by atoms with Gasteiger partial charge in [-0.05, 0) is 42.7 Å². The molecule has 3 aliphatic rings. The summed E-state index contributed by atoms with van der Waals surface area (Å²) in [5.41, 5.74) is 6.03. The van der Waals surface area contributed by atoms with Gasteiger partial charge in [-0.15, -0.1) is 0 Å². The third kappa shape index (κ3) is 4.83. The predicted octanol–water partition coefficient (Wildman–Crippen LogP) is 2.89. The van der Waals surface area contributed by atoms with Gasteiger partial charge in [0.2, 0.25) is 5.91 Å². The molecule has 2 N–H and O–H groups in total. The number of ether oxygens (including phenoxy) is 1. The molecule has 1 aromatic heterocycles. The second kappa shape index (κ2) is 9.97. The van der Waals surface area contributed by atoms with E-state index in [-0.39, 0.29) is 22.6 Å². The van der Waals surface area contributed by atoms with Gasteiger partial charge in [0.1, 0.15) is 29.8 Å². The maximum atomic E-state index is 15.2.